The van der Waals surface area contributed by atoms with Crippen molar-refractivity contribution in [3.05, 3.63) is 0 Å². The Morgan fingerprint density at radius 2 is 1.98 bits per heavy atom. The second kappa shape index (κ2) is 14.2. The molecule has 0 spiro atoms. The molecule has 5 N–H and O–H groups in total. The van der Waals surface area contributed by atoms with E-state index in [2.05, 4.69) is 50.2 Å². The molecule has 6 rings (SSSR count). The molecule has 6 aliphatic rings. The topological polar surface area (TPSA) is 114 Å². The highest BCUT2D eigenvalue weighted by molar-refractivity contribution is 8.01. The summed E-state index contributed by atoms with van der Waals surface area (Å²) >= 11 is 1.85. The number of thioether (sulfide) groups is 1. The maximum atomic E-state index is 13.1. The Kier molecular flexibility index (Phi) is 10.6. The van der Waals surface area contributed by atoms with Crippen LogP contribution in [0.3, 0.4) is 0 Å². The zero-order valence-electron chi connectivity index (χ0n) is 25.0. The van der Waals surface area contributed by atoms with Gasteiger partial charge in [0, 0.05) is 63.7 Å². The second-order valence-electron chi connectivity index (χ2n) is 13.2. The number of rotatable bonds is 9. The van der Waals surface area contributed by atoms with E-state index in [0.29, 0.717) is 48.2 Å². The van der Waals surface area contributed by atoms with Gasteiger partial charge in [-0.1, -0.05) is 0 Å². The van der Waals surface area contributed by atoms with E-state index in [-0.39, 0.29) is 30.5 Å². The summed E-state index contributed by atoms with van der Waals surface area (Å²) in [6.07, 6.45) is 6.79. The van der Waals surface area contributed by atoms with E-state index < -0.39 is 0 Å². The Morgan fingerprint density at radius 3 is 2.76 bits per heavy atom. The molecular formula is C29H53N7O4S. The lowest BCUT2D eigenvalue weighted by Crippen LogP contribution is -2.67. The van der Waals surface area contributed by atoms with Crippen molar-refractivity contribution in [3.8, 4) is 0 Å². The number of aliphatic hydroxyl groups is 1. The number of morpholine rings is 1. The van der Waals surface area contributed by atoms with Crippen LogP contribution in [0.25, 0.3) is 0 Å². The summed E-state index contributed by atoms with van der Waals surface area (Å²) in [7, 11) is 2.09. The fourth-order valence-corrected chi connectivity index (χ4v) is 9.64. The highest BCUT2D eigenvalue weighted by atomic mass is 32.2. The van der Waals surface area contributed by atoms with Gasteiger partial charge in [0.05, 0.1) is 37.3 Å². The normalized spacial score (nSPS) is 43.1. The zero-order chi connectivity index (χ0) is 28.3. The molecule has 0 aromatic heterocycles. The average molecular weight is 596 g/mol. The molecule has 8 unspecified atom stereocenters. The molecule has 5 heterocycles. The SMILES string of the molecule is CC1NN(C2CCNC(NC3CCC(C4CSC5C(=O)CC(N6CCOCC6)OC54)CC3)N2)CC1CN(C)CCO. The van der Waals surface area contributed by atoms with Crippen molar-refractivity contribution >= 4 is 17.5 Å². The number of ketones is 1. The van der Waals surface area contributed by atoms with Crippen LogP contribution in [0, 0.1) is 17.8 Å². The molecule has 5 aliphatic heterocycles. The van der Waals surface area contributed by atoms with Crippen LogP contribution >= 0.6 is 11.8 Å². The lowest BCUT2D eigenvalue weighted by atomic mass is 9.75. The molecule has 1 aliphatic carbocycles. The van der Waals surface area contributed by atoms with E-state index in [0.717, 1.165) is 64.7 Å². The molecule has 6 fully saturated rings. The van der Waals surface area contributed by atoms with E-state index in [9.17, 15) is 9.90 Å². The molecule has 5 saturated heterocycles. The summed E-state index contributed by atoms with van der Waals surface area (Å²) in [4.78, 5) is 17.6. The van der Waals surface area contributed by atoms with Crippen molar-refractivity contribution in [2.45, 2.75) is 87.6 Å². The van der Waals surface area contributed by atoms with E-state index in [1.807, 2.05) is 11.8 Å². The number of nitrogens with one attached hydrogen (secondary N) is 4. The molecule has 0 radical (unpaired) electrons. The van der Waals surface area contributed by atoms with Gasteiger partial charge in [0.25, 0.3) is 0 Å². The van der Waals surface area contributed by atoms with Crippen LogP contribution in [-0.2, 0) is 14.3 Å². The molecule has 0 amide bonds. The molecular weight excluding hydrogens is 542 g/mol. The van der Waals surface area contributed by atoms with Crippen molar-refractivity contribution in [2.75, 3.05) is 71.9 Å². The van der Waals surface area contributed by atoms with Gasteiger partial charge in [0.2, 0.25) is 0 Å². The molecule has 1 saturated carbocycles. The minimum atomic E-state index is -0.0620. The Labute approximate surface area is 250 Å². The number of hydrogen-bond donors (Lipinski definition) is 5. The fraction of sp³-hybridized carbons (Fsp3) is 0.966. The number of carbonyl (C=O) groups excluding carboxylic acids is 1. The fourth-order valence-electron chi connectivity index (χ4n) is 8.01. The zero-order valence-corrected chi connectivity index (χ0v) is 25.8. The summed E-state index contributed by atoms with van der Waals surface area (Å²) in [5.41, 5.74) is 3.71. The first kappa shape index (κ1) is 30.6. The van der Waals surface area contributed by atoms with Crippen molar-refractivity contribution in [2.24, 2.45) is 17.8 Å². The third kappa shape index (κ3) is 7.30. The van der Waals surface area contributed by atoms with Gasteiger partial charge in [0.15, 0.2) is 5.78 Å². The van der Waals surface area contributed by atoms with Gasteiger partial charge in [-0.05, 0) is 63.7 Å². The number of aliphatic hydroxyl groups excluding tert-OH is 1. The lowest BCUT2D eigenvalue weighted by molar-refractivity contribution is -0.170. The van der Waals surface area contributed by atoms with Crippen LogP contribution in [0.2, 0.25) is 0 Å². The first-order valence-electron chi connectivity index (χ1n) is 16.2. The molecule has 8 atom stereocenters. The summed E-state index contributed by atoms with van der Waals surface area (Å²) in [5, 5.41) is 23.1. The quantitative estimate of drug-likeness (QED) is 0.244. The number of likely N-dealkylation sites (N-methyl/N-ethyl adjacent to an activating group) is 1. The van der Waals surface area contributed by atoms with Crippen molar-refractivity contribution < 1.29 is 19.4 Å². The highest BCUT2D eigenvalue weighted by Gasteiger charge is 2.50. The number of carbonyl (C=O) groups is 1. The maximum Gasteiger partial charge on any atom is 0.152 e. The lowest BCUT2D eigenvalue weighted by Gasteiger charge is -2.43. The Hall–Kier alpha value is -0.380. The van der Waals surface area contributed by atoms with Gasteiger partial charge in [-0.3, -0.25) is 31.1 Å². The number of Topliss-reactive ketones (excluding diaryl/α,β-unsaturated/α-hetero) is 1. The molecule has 0 aromatic rings. The summed E-state index contributed by atoms with van der Waals surface area (Å²) < 4.78 is 12.2. The van der Waals surface area contributed by atoms with Gasteiger partial charge in [-0.2, -0.15) is 0 Å². The minimum absolute atomic E-state index is 0.0392. The van der Waals surface area contributed by atoms with Gasteiger partial charge < -0.3 is 19.5 Å². The average Bonchev–Trinajstić information content (AvgIpc) is 3.58. The third-order valence-electron chi connectivity index (χ3n) is 10.5. The Bertz CT molecular complexity index is 861. The molecule has 41 heavy (non-hydrogen) atoms. The molecule has 0 bridgehead atoms. The van der Waals surface area contributed by atoms with Crippen LogP contribution in [-0.4, -0.2) is 140 Å². The van der Waals surface area contributed by atoms with E-state index in [1.54, 1.807) is 0 Å². The first-order valence-corrected chi connectivity index (χ1v) is 17.2. The number of hydrogen-bond acceptors (Lipinski definition) is 12. The van der Waals surface area contributed by atoms with E-state index in [1.165, 1.54) is 25.7 Å². The van der Waals surface area contributed by atoms with Crippen LogP contribution < -0.4 is 21.4 Å². The van der Waals surface area contributed by atoms with Gasteiger partial charge in [-0.15, -0.1) is 11.8 Å². The van der Waals surface area contributed by atoms with Gasteiger partial charge in [-0.25, -0.2) is 5.01 Å². The smallest absolute Gasteiger partial charge is 0.152 e. The second-order valence-corrected chi connectivity index (χ2v) is 14.4. The van der Waals surface area contributed by atoms with E-state index in [4.69, 9.17) is 9.47 Å². The molecule has 12 heteroatoms. The summed E-state index contributed by atoms with van der Waals surface area (Å²) in [6, 6.07) is 0.927. The predicted molar refractivity (Wildman–Crippen MR) is 160 cm³/mol. The largest absolute Gasteiger partial charge is 0.395 e. The highest BCUT2D eigenvalue weighted by Crippen LogP contribution is 2.46. The number of hydrazine groups is 1. The van der Waals surface area contributed by atoms with Crippen LogP contribution in [0.15, 0.2) is 0 Å². The maximum absolute atomic E-state index is 13.1. The van der Waals surface area contributed by atoms with Gasteiger partial charge in [0.1, 0.15) is 12.5 Å². The molecule has 234 valence electrons. The van der Waals surface area contributed by atoms with Crippen LogP contribution in [0.5, 0.6) is 0 Å². The van der Waals surface area contributed by atoms with Crippen molar-refractivity contribution in [1.82, 2.24) is 36.2 Å². The minimum Gasteiger partial charge on any atom is -0.395 e. The van der Waals surface area contributed by atoms with Crippen LogP contribution in [0.1, 0.15) is 45.4 Å². The standard InChI is InChI=1S/C29H53N7O4S/c1-19-21(16-34(2)9-12-37)17-36(33-19)25-7-8-30-29(32-25)31-22-5-3-20(4-6-22)23-18-41-28-24(38)15-26(40-27(23)28)35-10-13-39-14-11-35/h19-23,25-33,37H,3-18H2,1-2H3. The Balaban J connectivity index is 0.960. The predicted octanol–water partition coefficient (Wildman–Crippen LogP) is -0.176. The summed E-state index contributed by atoms with van der Waals surface area (Å²) in [5.74, 6) is 3.14. The van der Waals surface area contributed by atoms with Crippen molar-refractivity contribution in [1.29, 1.82) is 0 Å². The number of nitrogens with zero attached hydrogens (tertiary/aromatic N) is 3. The molecule has 0 aromatic carbocycles. The monoisotopic (exact) mass is 595 g/mol. The summed E-state index contributed by atoms with van der Waals surface area (Å²) in [6.45, 7) is 9.42. The van der Waals surface area contributed by atoms with Crippen LogP contribution in [0.4, 0.5) is 0 Å². The Morgan fingerprint density at radius 1 is 1.17 bits per heavy atom. The first-order chi connectivity index (χ1) is 20.0. The molecule has 11 nitrogen and oxygen atoms in total. The van der Waals surface area contributed by atoms with Gasteiger partial charge >= 0.3 is 0 Å². The third-order valence-corrected chi connectivity index (χ3v) is 11.9. The number of ether oxygens (including phenoxy) is 2. The van der Waals surface area contributed by atoms with Crippen molar-refractivity contribution in [3.63, 3.8) is 0 Å². The number of fused-ring (bicyclic) bond motifs is 1. The van der Waals surface area contributed by atoms with E-state index >= 15 is 0 Å².